The fourth-order valence-corrected chi connectivity index (χ4v) is 3.05. The summed E-state index contributed by atoms with van der Waals surface area (Å²) >= 11 is 5.62. The second-order valence-electron chi connectivity index (χ2n) is 6.27. The van der Waals surface area contributed by atoms with Crippen molar-refractivity contribution < 1.29 is 22.7 Å². The van der Waals surface area contributed by atoms with Crippen molar-refractivity contribution in [3.05, 3.63) is 53.1 Å². The van der Waals surface area contributed by atoms with Crippen LogP contribution in [0.3, 0.4) is 0 Å². The molecule has 0 aliphatic carbocycles. The van der Waals surface area contributed by atoms with Crippen molar-refractivity contribution in [2.24, 2.45) is 5.92 Å². The third-order valence-corrected chi connectivity index (χ3v) is 4.63. The fourth-order valence-electron chi connectivity index (χ4n) is 2.83. The van der Waals surface area contributed by atoms with E-state index in [1.54, 1.807) is 24.3 Å². The van der Waals surface area contributed by atoms with Crippen molar-refractivity contribution in [1.29, 1.82) is 0 Å². The summed E-state index contributed by atoms with van der Waals surface area (Å²) in [6.07, 6.45) is -3.12. The summed E-state index contributed by atoms with van der Waals surface area (Å²) in [5.74, 6) is -0.113. The number of benzene rings is 2. The molecule has 1 saturated heterocycles. The summed E-state index contributed by atoms with van der Waals surface area (Å²) in [6.45, 7) is 1.17. The number of hydrogen-bond donors (Lipinski definition) is 2. The highest BCUT2D eigenvalue weighted by atomic mass is 35.5. The van der Waals surface area contributed by atoms with Crippen LogP contribution < -0.4 is 10.6 Å². The van der Waals surface area contributed by atoms with Crippen LogP contribution in [0.1, 0.15) is 18.4 Å². The molecule has 0 unspecified atom stereocenters. The average molecular weight is 399 g/mol. The largest absolute Gasteiger partial charge is 0.417 e. The summed E-state index contributed by atoms with van der Waals surface area (Å²) in [6, 6.07) is 10.4. The second-order valence-corrected chi connectivity index (χ2v) is 6.68. The third-order valence-electron chi connectivity index (χ3n) is 4.30. The summed E-state index contributed by atoms with van der Waals surface area (Å²) in [7, 11) is 0. The molecule has 1 amide bonds. The lowest BCUT2D eigenvalue weighted by atomic mass is 9.99. The first kappa shape index (κ1) is 19.5. The number of carbonyl (C=O) groups is 1. The normalized spacial score (nSPS) is 15.4. The Hall–Kier alpha value is -2.25. The Balaban J connectivity index is 1.65. The number of hydrogen-bond acceptors (Lipinski definition) is 3. The first-order valence-corrected chi connectivity index (χ1v) is 8.83. The maximum Gasteiger partial charge on any atom is 0.417 e. The fraction of sp³-hybridized carbons (Fsp3) is 0.316. The van der Waals surface area contributed by atoms with E-state index in [4.69, 9.17) is 16.3 Å². The molecule has 2 N–H and O–H groups in total. The van der Waals surface area contributed by atoms with Crippen LogP contribution in [0.5, 0.6) is 0 Å². The first-order chi connectivity index (χ1) is 12.8. The second kappa shape index (κ2) is 8.19. The zero-order valence-electron chi connectivity index (χ0n) is 14.3. The van der Waals surface area contributed by atoms with Gasteiger partial charge < -0.3 is 15.4 Å². The average Bonchev–Trinajstić information content (AvgIpc) is 2.64. The molecule has 1 aliphatic heterocycles. The molecule has 0 aromatic heterocycles. The molecule has 3 rings (SSSR count). The summed E-state index contributed by atoms with van der Waals surface area (Å²) in [5, 5.41) is 5.40. The molecule has 0 spiro atoms. The molecular weight excluding hydrogens is 381 g/mol. The highest BCUT2D eigenvalue weighted by Crippen LogP contribution is 2.36. The molecule has 4 nitrogen and oxygen atoms in total. The van der Waals surface area contributed by atoms with E-state index in [-0.39, 0.29) is 22.5 Å². The van der Waals surface area contributed by atoms with Crippen molar-refractivity contribution in [2.75, 3.05) is 23.8 Å². The van der Waals surface area contributed by atoms with Crippen LogP contribution in [-0.4, -0.2) is 19.1 Å². The quantitative estimate of drug-likeness (QED) is 0.718. The van der Waals surface area contributed by atoms with Crippen LogP contribution in [0.2, 0.25) is 5.02 Å². The van der Waals surface area contributed by atoms with Crippen LogP contribution in [0, 0.1) is 5.92 Å². The number of carbonyl (C=O) groups excluding carboxylic acids is 1. The zero-order valence-corrected chi connectivity index (χ0v) is 15.0. The number of anilines is 3. The molecule has 1 fully saturated rings. The SMILES string of the molecule is O=C(Nc1ccc(Nc2ccc(Cl)c(C(F)(F)F)c2)cc1)C1CCOCC1. The lowest BCUT2D eigenvalue weighted by molar-refractivity contribution is -0.137. The Morgan fingerprint density at radius 2 is 1.59 bits per heavy atom. The molecule has 8 heteroatoms. The topological polar surface area (TPSA) is 50.4 Å². The molecule has 0 atom stereocenters. The van der Waals surface area contributed by atoms with Crippen molar-refractivity contribution in [3.63, 3.8) is 0 Å². The monoisotopic (exact) mass is 398 g/mol. The standard InChI is InChI=1S/C19H18ClF3N2O2/c20-17-6-5-15(11-16(17)19(21,22)23)24-13-1-3-14(4-2-13)25-18(26)12-7-9-27-10-8-12/h1-6,11-12,24H,7-10H2,(H,25,26). The van der Waals surface area contributed by atoms with Gasteiger partial charge in [0.15, 0.2) is 0 Å². The molecule has 0 bridgehead atoms. The number of alkyl halides is 3. The van der Waals surface area contributed by atoms with Gasteiger partial charge in [0.05, 0.1) is 10.6 Å². The zero-order chi connectivity index (χ0) is 19.4. The van der Waals surface area contributed by atoms with Gasteiger partial charge in [-0.1, -0.05) is 11.6 Å². The van der Waals surface area contributed by atoms with Gasteiger partial charge in [0.25, 0.3) is 0 Å². The molecule has 2 aromatic rings. The van der Waals surface area contributed by atoms with Gasteiger partial charge in [-0.25, -0.2) is 0 Å². The first-order valence-electron chi connectivity index (χ1n) is 8.45. The Labute approximate surface area is 159 Å². The summed E-state index contributed by atoms with van der Waals surface area (Å²) in [5.41, 5.74) is 0.596. The predicted octanol–water partition coefficient (Wildman–Crippen LogP) is 5.47. The third kappa shape index (κ3) is 5.14. The van der Waals surface area contributed by atoms with Crippen LogP contribution in [0.4, 0.5) is 30.2 Å². The minimum Gasteiger partial charge on any atom is -0.381 e. The van der Waals surface area contributed by atoms with Crippen LogP contribution in [0.25, 0.3) is 0 Å². The van der Waals surface area contributed by atoms with Crippen molar-refractivity contribution >= 4 is 34.6 Å². The van der Waals surface area contributed by atoms with Crippen molar-refractivity contribution in [1.82, 2.24) is 0 Å². The Kier molecular flexibility index (Phi) is 5.92. The van der Waals surface area contributed by atoms with E-state index in [0.29, 0.717) is 37.4 Å². The van der Waals surface area contributed by atoms with Crippen LogP contribution in [-0.2, 0) is 15.7 Å². The van der Waals surface area contributed by atoms with E-state index in [9.17, 15) is 18.0 Å². The Bertz CT molecular complexity index is 804. The highest BCUT2D eigenvalue weighted by Gasteiger charge is 2.33. The number of amides is 1. The van der Waals surface area contributed by atoms with Crippen LogP contribution in [0.15, 0.2) is 42.5 Å². The highest BCUT2D eigenvalue weighted by molar-refractivity contribution is 6.31. The van der Waals surface area contributed by atoms with Gasteiger partial charge in [0.1, 0.15) is 0 Å². The lowest BCUT2D eigenvalue weighted by Gasteiger charge is -2.21. The molecule has 1 aliphatic rings. The van der Waals surface area contributed by atoms with E-state index in [2.05, 4.69) is 10.6 Å². The van der Waals surface area contributed by atoms with Gasteiger partial charge in [0.2, 0.25) is 5.91 Å². The van der Waals surface area contributed by atoms with Gasteiger partial charge in [-0.15, -0.1) is 0 Å². The molecule has 0 radical (unpaired) electrons. The maximum atomic E-state index is 12.9. The number of halogens is 4. The van der Waals surface area contributed by atoms with Gasteiger partial charge >= 0.3 is 6.18 Å². The van der Waals surface area contributed by atoms with Crippen molar-refractivity contribution in [2.45, 2.75) is 19.0 Å². The molecule has 2 aromatic carbocycles. The molecular formula is C19H18ClF3N2O2. The van der Waals surface area contributed by atoms with Gasteiger partial charge in [0, 0.05) is 36.2 Å². The van der Waals surface area contributed by atoms with Gasteiger partial charge in [-0.05, 0) is 55.3 Å². The minimum absolute atomic E-state index is 0.0495. The van der Waals surface area contributed by atoms with E-state index in [1.165, 1.54) is 12.1 Å². The summed E-state index contributed by atoms with van der Waals surface area (Å²) < 4.78 is 44.0. The van der Waals surface area contributed by atoms with E-state index in [0.717, 1.165) is 6.07 Å². The smallest absolute Gasteiger partial charge is 0.381 e. The minimum atomic E-state index is -4.52. The molecule has 1 heterocycles. The summed E-state index contributed by atoms with van der Waals surface area (Å²) in [4.78, 5) is 12.2. The lowest BCUT2D eigenvalue weighted by Crippen LogP contribution is -2.28. The van der Waals surface area contributed by atoms with E-state index in [1.807, 2.05) is 0 Å². The van der Waals surface area contributed by atoms with E-state index < -0.39 is 11.7 Å². The van der Waals surface area contributed by atoms with Gasteiger partial charge in [-0.3, -0.25) is 4.79 Å². The Morgan fingerprint density at radius 1 is 1.00 bits per heavy atom. The van der Waals surface area contributed by atoms with Crippen molar-refractivity contribution in [3.8, 4) is 0 Å². The molecule has 27 heavy (non-hydrogen) atoms. The molecule has 144 valence electrons. The number of rotatable bonds is 4. The number of nitrogens with one attached hydrogen (secondary N) is 2. The number of ether oxygens (including phenoxy) is 1. The van der Waals surface area contributed by atoms with Gasteiger partial charge in [-0.2, -0.15) is 13.2 Å². The predicted molar refractivity (Wildman–Crippen MR) is 98.4 cm³/mol. The Morgan fingerprint density at radius 3 is 2.22 bits per heavy atom. The molecule has 0 saturated carbocycles. The maximum absolute atomic E-state index is 12.9. The van der Waals surface area contributed by atoms with E-state index >= 15 is 0 Å². The van der Waals surface area contributed by atoms with Crippen LogP contribution >= 0.6 is 11.6 Å².